The molecule has 2 aliphatic heterocycles. The molecule has 1 aromatic carbocycles. The molecular formula is C16H17NO6. The van der Waals surface area contributed by atoms with Gasteiger partial charge in [-0.2, -0.15) is 0 Å². The number of benzene rings is 1. The predicted octanol–water partition coefficient (Wildman–Crippen LogP) is 1.57. The Hall–Kier alpha value is -2.70. The molecule has 0 aliphatic carbocycles. The molecule has 0 atom stereocenters. The van der Waals surface area contributed by atoms with Crippen LogP contribution in [0.1, 0.15) is 19.4 Å². The van der Waals surface area contributed by atoms with Crippen molar-refractivity contribution in [2.24, 2.45) is 0 Å². The van der Waals surface area contributed by atoms with Gasteiger partial charge in [-0.1, -0.05) is 6.07 Å². The molecule has 0 unspecified atom stereocenters. The minimum absolute atomic E-state index is 0.0856. The van der Waals surface area contributed by atoms with Gasteiger partial charge in [-0.3, -0.25) is 4.79 Å². The fourth-order valence-corrected chi connectivity index (χ4v) is 2.30. The van der Waals surface area contributed by atoms with E-state index < -0.39 is 11.8 Å². The number of hydrogen-bond acceptors (Lipinski definition) is 6. The number of fused-ring (bicyclic) bond motifs is 1. The largest absolute Gasteiger partial charge is 0.454 e. The standard InChI is InChI=1S/C16H17NO6/c1-16(2)22-13(15(19)23-16)7-14(18)17(3)8-10-4-5-11-12(6-10)21-9-20-11/h4-7H,8-9H2,1-3H3/b13-7+. The Balaban J connectivity index is 1.67. The highest BCUT2D eigenvalue weighted by Crippen LogP contribution is 2.32. The van der Waals surface area contributed by atoms with Crippen molar-refractivity contribution in [2.45, 2.75) is 26.2 Å². The van der Waals surface area contributed by atoms with E-state index in [9.17, 15) is 9.59 Å². The molecule has 0 aromatic heterocycles. The van der Waals surface area contributed by atoms with Gasteiger partial charge >= 0.3 is 5.97 Å². The summed E-state index contributed by atoms with van der Waals surface area (Å²) in [4.78, 5) is 25.3. The summed E-state index contributed by atoms with van der Waals surface area (Å²) in [6.45, 7) is 3.77. The van der Waals surface area contributed by atoms with E-state index in [2.05, 4.69) is 0 Å². The molecule has 7 heteroatoms. The van der Waals surface area contributed by atoms with Crippen LogP contribution < -0.4 is 9.47 Å². The van der Waals surface area contributed by atoms with Crippen LogP contribution in [0.2, 0.25) is 0 Å². The first-order chi connectivity index (χ1) is 10.8. The van der Waals surface area contributed by atoms with E-state index >= 15 is 0 Å². The zero-order valence-electron chi connectivity index (χ0n) is 13.1. The van der Waals surface area contributed by atoms with Crippen LogP contribution in [-0.4, -0.2) is 36.4 Å². The van der Waals surface area contributed by atoms with Crippen LogP contribution in [0.3, 0.4) is 0 Å². The first-order valence-electron chi connectivity index (χ1n) is 7.12. The quantitative estimate of drug-likeness (QED) is 0.622. The summed E-state index contributed by atoms with van der Waals surface area (Å²) >= 11 is 0. The van der Waals surface area contributed by atoms with E-state index in [0.29, 0.717) is 18.0 Å². The third kappa shape index (κ3) is 3.23. The highest BCUT2D eigenvalue weighted by molar-refractivity contribution is 5.97. The maximum absolute atomic E-state index is 12.2. The number of hydrogen-bond donors (Lipinski definition) is 0. The topological polar surface area (TPSA) is 74.3 Å². The number of rotatable bonds is 3. The second kappa shape index (κ2) is 5.49. The first-order valence-corrected chi connectivity index (χ1v) is 7.12. The molecule has 0 saturated carbocycles. The Morgan fingerprint density at radius 3 is 2.70 bits per heavy atom. The zero-order valence-corrected chi connectivity index (χ0v) is 13.1. The number of nitrogens with zero attached hydrogens (tertiary/aromatic N) is 1. The fraction of sp³-hybridized carbons (Fsp3) is 0.375. The molecule has 0 radical (unpaired) electrons. The SMILES string of the molecule is CN(Cc1ccc2c(c1)OCO2)C(=O)/C=C1/OC(C)(C)OC1=O. The van der Waals surface area contributed by atoms with Crippen molar-refractivity contribution in [1.29, 1.82) is 0 Å². The van der Waals surface area contributed by atoms with Gasteiger partial charge in [-0.25, -0.2) is 4.79 Å². The minimum Gasteiger partial charge on any atom is -0.454 e. The van der Waals surface area contributed by atoms with Gasteiger partial charge in [0, 0.05) is 27.4 Å². The summed E-state index contributed by atoms with van der Waals surface area (Å²) in [6.07, 6.45) is 1.14. The van der Waals surface area contributed by atoms with Gasteiger partial charge in [-0.15, -0.1) is 0 Å². The second-order valence-electron chi connectivity index (χ2n) is 5.78. The molecule has 122 valence electrons. The molecule has 2 aliphatic rings. The number of carbonyl (C=O) groups is 2. The molecule has 1 fully saturated rings. The summed E-state index contributed by atoms with van der Waals surface area (Å²) in [5.41, 5.74) is 0.888. The van der Waals surface area contributed by atoms with E-state index in [-0.39, 0.29) is 18.5 Å². The van der Waals surface area contributed by atoms with Gasteiger partial charge in [0.25, 0.3) is 5.91 Å². The fourth-order valence-electron chi connectivity index (χ4n) is 2.30. The van der Waals surface area contributed by atoms with Crippen molar-refractivity contribution in [3.63, 3.8) is 0 Å². The van der Waals surface area contributed by atoms with Gasteiger partial charge in [-0.05, 0) is 17.7 Å². The van der Waals surface area contributed by atoms with Crippen LogP contribution >= 0.6 is 0 Å². The molecule has 0 bridgehead atoms. The lowest BCUT2D eigenvalue weighted by Gasteiger charge is -2.16. The Bertz CT molecular complexity index is 694. The van der Waals surface area contributed by atoms with E-state index in [1.54, 1.807) is 27.0 Å². The van der Waals surface area contributed by atoms with Crippen LogP contribution in [0.15, 0.2) is 30.0 Å². The smallest absolute Gasteiger partial charge is 0.377 e. The molecule has 7 nitrogen and oxygen atoms in total. The molecular weight excluding hydrogens is 302 g/mol. The highest BCUT2D eigenvalue weighted by Gasteiger charge is 2.38. The van der Waals surface area contributed by atoms with Crippen LogP contribution in [0.25, 0.3) is 0 Å². The molecule has 0 spiro atoms. The van der Waals surface area contributed by atoms with Crippen LogP contribution in [0.4, 0.5) is 0 Å². The molecule has 1 amide bonds. The molecule has 3 rings (SSSR count). The number of likely N-dealkylation sites (N-methyl/N-ethyl adjacent to an activating group) is 1. The first kappa shape index (κ1) is 15.2. The number of esters is 1. The number of amides is 1. The Labute approximate surface area is 133 Å². The number of cyclic esters (lactones) is 1. The number of carbonyl (C=O) groups excluding carboxylic acids is 2. The lowest BCUT2D eigenvalue weighted by Crippen LogP contribution is -2.25. The van der Waals surface area contributed by atoms with Gasteiger partial charge < -0.3 is 23.8 Å². The van der Waals surface area contributed by atoms with Gasteiger partial charge in [0.05, 0.1) is 6.08 Å². The summed E-state index contributed by atoms with van der Waals surface area (Å²) in [5.74, 6) is -0.774. The predicted molar refractivity (Wildman–Crippen MR) is 78.4 cm³/mol. The van der Waals surface area contributed by atoms with Crippen molar-refractivity contribution in [2.75, 3.05) is 13.8 Å². The van der Waals surface area contributed by atoms with E-state index in [0.717, 1.165) is 11.6 Å². The summed E-state index contributed by atoms with van der Waals surface area (Å²) < 4.78 is 20.8. The molecule has 23 heavy (non-hydrogen) atoms. The van der Waals surface area contributed by atoms with Crippen molar-refractivity contribution >= 4 is 11.9 Å². The van der Waals surface area contributed by atoms with Crippen LogP contribution in [0, 0.1) is 0 Å². The van der Waals surface area contributed by atoms with Gasteiger partial charge in [0.1, 0.15) is 0 Å². The maximum Gasteiger partial charge on any atom is 0.377 e. The minimum atomic E-state index is -1.04. The molecule has 1 saturated heterocycles. The maximum atomic E-state index is 12.2. The highest BCUT2D eigenvalue weighted by atomic mass is 16.8. The third-order valence-corrected chi connectivity index (χ3v) is 3.38. The monoisotopic (exact) mass is 319 g/mol. The van der Waals surface area contributed by atoms with Gasteiger partial charge in [0.15, 0.2) is 11.5 Å². The van der Waals surface area contributed by atoms with Crippen LogP contribution in [-0.2, 0) is 25.6 Å². The zero-order chi connectivity index (χ0) is 16.6. The lowest BCUT2D eigenvalue weighted by atomic mass is 10.2. The second-order valence-corrected chi connectivity index (χ2v) is 5.78. The summed E-state index contributed by atoms with van der Waals surface area (Å²) in [7, 11) is 1.63. The normalized spacial score (nSPS) is 19.4. The van der Waals surface area contributed by atoms with E-state index in [4.69, 9.17) is 18.9 Å². The summed E-state index contributed by atoms with van der Waals surface area (Å²) in [6, 6.07) is 5.48. The van der Waals surface area contributed by atoms with Crippen LogP contribution in [0.5, 0.6) is 11.5 Å². The van der Waals surface area contributed by atoms with E-state index in [1.807, 2.05) is 12.1 Å². The summed E-state index contributed by atoms with van der Waals surface area (Å²) in [5, 5.41) is 0. The average Bonchev–Trinajstić information content (AvgIpc) is 3.02. The van der Waals surface area contributed by atoms with Crippen molar-refractivity contribution in [1.82, 2.24) is 4.90 Å². The Kier molecular flexibility index (Phi) is 3.63. The van der Waals surface area contributed by atoms with Crippen molar-refractivity contribution < 1.29 is 28.5 Å². The van der Waals surface area contributed by atoms with Crippen molar-refractivity contribution in [3.05, 3.63) is 35.6 Å². The van der Waals surface area contributed by atoms with Crippen molar-refractivity contribution in [3.8, 4) is 11.5 Å². The molecule has 2 heterocycles. The average molecular weight is 319 g/mol. The third-order valence-electron chi connectivity index (χ3n) is 3.38. The Morgan fingerprint density at radius 1 is 1.26 bits per heavy atom. The lowest BCUT2D eigenvalue weighted by molar-refractivity contribution is -0.159. The van der Waals surface area contributed by atoms with Gasteiger partial charge in [0.2, 0.25) is 18.3 Å². The Morgan fingerprint density at radius 2 is 2.00 bits per heavy atom. The molecule has 0 N–H and O–H groups in total. The van der Waals surface area contributed by atoms with E-state index in [1.165, 1.54) is 4.90 Å². The molecule has 1 aromatic rings. The number of ether oxygens (including phenoxy) is 4.